The lowest BCUT2D eigenvalue weighted by atomic mass is 10.2. The van der Waals surface area contributed by atoms with Gasteiger partial charge in [0.1, 0.15) is 16.0 Å². The molecule has 4 nitrogen and oxygen atoms in total. The summed E-state index contributed by atoms with van der Waals surface area (Å²) in [6.45, 7) is 1.96. The van der Waals surface area contributed by atoms with Crippen LogP contribution >= 0.6 is 27.3 Å². The van der Waals surface area contributed by atoms with Gasteiger partial charge in [-0.2, -0.15) is 0 Å². The number of pyridine rings is 1. The van der Waals surface area contributed by atoms with Crippen molar-refractivity contribution >= 4 is 37.5 Å². The van der Waals surface area contributed by atoms with Crippen molar-refractivity contribution in [1.82, 2.24) is 15.0 Å². The van der Waals surface area contributed by atoms with Crippen LogP contribution in [-0.2, 0) is 0 Å². The number of aromatic amines is 1. The minimum absolute atomic E-state index is 0.106. The molecule has 3 aromatic heterocycles. The van der Waals surface area contributed by atoms with E-state index in [0.717, 1.165) is 14.9 Å². The van der Waals surface area contributed by atoms with E-state index in [1.807, 2.05) is 19.1 Å². The van der Waals surface area contributed by atoms with Crippen molar-refractivity contribution in [3.05, 3.63) is 44.2 Å². The van der Waals surface area contributed by atoms with E-state index in [-0.39, 0.29) is 5.56 Å². The van der Waals surface area contributed by atoms with E-state index in [9.17, 15) is 4.79 Å². The second-order valence-corrected chi connectivity index (χ2v) is 5.82. The van der Waals surface area contributed by atoms with Gasteiger partial charge in [-0.05, 0) is 35.0 Å². The number of nitrogens with one attached hydrogen (secondary N) is 1. The van der Waals surface area contributed by atoms with Crippen molar-refractivity contribution in [2.45, 2.75) is 6.92 Å². The van der Waals surface area contributed by atoms with Crippen molar-refractivity contribution < 1.29 is 0 Å². The summed E-state index contributed by atoms with van der Waals surface area (Å²) in [5.41, 5.74) is 1.46. The van der Waals surface area contributed by atoms with Crippen LogP contribution in [0.5, 0.6) is 0 Å². The topological polar surface area (TPSA) is 58.6 Å². The van der Waals surface area contributed by atoms with E-state index in [0.29, 0.717) is 16.0 Å². The maximum Gasteiger partial charge on any atom is 0.269 e. The monoisotopic (exact) mass is 321 g/mol. The SMILES string of the molecule is Cc1sc2c(=O)[nH]c(-c3ccncc3)nc2c1Br. The molecule has 0 spiro atoms. The molecule has 0 aliphatic heterocycles. The third-order valence-electron chi connectivity index (χ3n) is 2.60. The Kier molecular flexibility index (Phi) is 2.76. The normalized spacial score (nSPS) is 11.0. The lowest BCUT2D eigenvalue weighted by Gasteiger charge is -2.00. The fourth-order valence-electron chi connectivity index (χ4n) is 1.72. The maximum atomic E-state index is 12.0. The molecule has 0 radical (unpaired) electrons. The van der Waals surface area contributed by atoms with Crippen molar-refractivity contribution in [1.29, 1.82) is 0 Å². The van der Waals surface area contributed by atoms with Gasteiger partial charge in [-0.25, -0.2) is 4.98 Å². The number of aromatic nitrogens is 3. The standard InChI is InChI=1S/C12H8BrN3OS/c1-6-8(13)9-10(18-6)12(17)16-11(15-9)7-2-4-14-5-3-7/h2-5H,1H3,(H,15,16,17). The molecule has 6 heteroatoms. The number of hydrogen-bond acceptors (Lipinski definition) is 4. The number of aryl methyl sites for hydroxylation is 1. The van der Waals surface area contributed by atoms with Crippen LogP contribution in [0, 0.1) is 6.92 Å². The summed E-state index contributed by atoms with van der Waals surface area (Å²) in [5, 5.41) is 0. The fraction of sp³-hybridized carbons (Fsp3) is 0.0833. The van der Waals surface area contributed by atoms with E-state index in [2.05, 4.69) is 30.9 Å². The Bertz CT molecular complexity index is 779. The van der Waals surface area contributed by atoms with Crippen LogP contribution in [0.25, 0.3) is 21.6 Å². The average molecular weight is 322 g/mol. The molecule has 3 heterocycles. The molecular weight excluding hydrogens is 314 g/mol. The molecule has 0 unspecified atom stereocenters. The number of nitrogens with zero attached hydrogens (tertiary/aromatic N) is 2. The van der Waals surface area contributed by atoms with Gasteiger partial charge in [0.25, 0.3) is 5.56 Å². The minimum atomic E-state index is -0.106. The number of thiophene rings is 1. The van der Waals surface area contributed by atoms with Gasteiger partial charge in [0, 0.05) is 22.8 Å². The summed E-state index contributed by atoms with van der Waals surface area (Å²) < 4.78 is 1.54. The van der Waals surface area contributed by atoms with Crippen LogP contribution in [0.3, 0.4) is 0 Å². The van der Waals surface area contributed by atoms with Crippen molar-refractivity contribution in [2.24, 2.45) is 0 Å². The first-order valence-electron chi connectivity index (χ1n) is 5.26. The molecule has 0 bridgehead atoms. The minimum Gasteiger partial charge on any atom is -0.305 e. The van der Waals surface area contributed by atoms with E-state index < -0.39 is 0 Å². The number of rotatable bonds is 1. The summed E-state index contributed by atoms with van der Waals surface area (Å²) in [4.78, 5) is 24.3. The Balaban J connectivity index is 2.34. The highest BCUT2D eigenvalue weighted by Crippen LogP contribution is 2.32. The number of hydrogen-bond donors (Lipinski definition) is 1. The highest BCUT2D eigenvalue weighted by Gasteiger charge is 2.13. The van der Waals surface area contributed by atoms with Crippen LogP contribution in [0.15, 0.2) is 33.8 Å². The fourth-order valence-corrected chi connectivity index (χ4v) is 3.26. The highest BCUT2D eigenvalue weighted by atomic mass is 79.9. The van der Waals surface area contributed by atoms with Crippen LogP contribution in [0.1, 0.15) is 4.88 Å². The largest absolute Gasteiger partial charge is 0.305 e. The molecule has 3 rings (SSSR count). The molecule has 0 saturated carbocycles. The Hall–Kier alpha value is -1.53. The molecule has 18 heavy (non-hydrogen) atoms. The summed E-state index contributed by atoms with van der Waals surface area (Å²) in [7, 11) is 0. The second-order valence-electron chi connectivity index (χ2n) is 3.80. The van der Waals surface area contributed by atoms with Crippen LogP contribution in [0.4, 0.5) is 0 Å². The lowest BCUT2D eigenvalue weighted by Crippen LogP contribution is -2.07. The van der Waals surface area contributed by atoms with Gasteiger partial charge in [0.15, 0.2) is 0 Å². The molecule has 0 aliphatic carbocycles. The number of H-pyrrole nitrogens is 1. The molecule has 1 N–H and O–H groups in total. The zero-order chi connectivity index (χ0) is 12.7. The summed E-state index contributed by atoms with van der Waals surface area (Å²) >= 11 is 4.92. The van der Waals surface area contributed by atoms with Crippen LogP contribution in [0.2, 0.25) is 0 Å². The zero-order valence-corrected chi connectivity index (χ0v) is 11.8. The lowest BCUT2D eigenvalue weighted by molar-refractivity contribution is 1.18. The van der Waals surface area contributed by atoms with Gasteiger partial charge in [-0.15, -0.1) is 11.3 Å². The first-order valence-corrected chi connectivity index (χ1v) is 6.87. The first kappa shape index (κ1) is 11.6. The molecule has 0 amide bonds. The van der Waals surface area contributed by atoms with E-state index >= 15 is 0 Å². The van der Waals surface area contributed by atoms with Gasteiger partial charge >= 0.3 is 0 Å². The van der Waals surface area contributed by atoms with Gasteiger partial charge in [0.05, 0.1) is 4.47 Å². The maximum absolute atomic E-state index is 12.0. The van der Waals surface area contributed by atoms with Gasteiger partial charge in [0.2, 0.25) is 0 Å². The first-order chi connectivity index (χ1) is 8.66. The molecule has 0 aromatic carbocycles. The van der Waals surface area contributed by atoms with Crippen molar-refractivity contribution in [3.8, 4) is 11.4 Å². The third kappa shape index (κ3) is 1.77. The summed E-state index contributed by atoms with van der Waals surface area (Å²) in [6.07, 6.45) is 3.35. The summed E-state index contributed by atoms with van der Waals surface area (Å²) in [5.74, 6) is 0.563. The van der Waals surface area contributed by atoms with Gasteiger partial charge in [-0.1, -0.05) is 0 Å². The number of halogens is 1. The summed E-state index contributed by atoms with van der Waals surface area (Å²) in [6, 6.07) is 3.63. The Morgan fingerprint density at radius 2 is 2.06 bits per heavy atom. The second kappa shape index (κ2) is 4.29. The Morgan fingerprint density at radius 3 is 2.78 bits per heavy atom. The average Bonchev–Trinajstić information content (AvgIpc) is 2.68. The molecule has 0 saturated heterocycles. The Morgan fingerprint density at radius 1 is 1.33 bits per heavy atom. The zero-order valence-electron chi connectivity index (χ0n) is 9.40. The van der Waals surface area contributed by atoms with Gasteiger partial charge < -0.3 is 4.98 Å². The number of fused-ring (bicyclic) bond motifs is 1. The molecule has 0 fully saturated rings. The quantitative estimate of drug-likeness (QED) is 0.749. The molecular formula is C12H8BrN3OS. The Labute approximate surface area is 115 Å². The third-order valence-corrected chi connectivity index (χ3v) is 4.93. The van der Waals surface area contributed by atoms with Gasteiger partial charge in [-0.3, -0.25) is 9.78 Å². The van der Waals surface area contributed by atoms with E-state index in [1.165, 1.54) is 11.3 Å². The van der Waals surface area contributed by atoms with Crippen molar-refractivity contribution in [2.75, 3.05) is 0 Å². The molecule has 3 aromatic rings. The highest BCUT2D eigenvalue weighted by molar-refractivity contribution is 9.10. The molecule has 0 atom stereocenters. The smallest absolute Gasteiger partial charge is 0.269 e. The van der Waals surface area contributed by atoms with E-state index in [4.69, 9.17) is 0 Å². The molecule has 0 aliphatic rings. The predicted octanol–water partition coefficient (Wildman–Crippen LogP) is 3.12. The van der Waals surface area contributed by atoms with Crippen LogP contribution in [-0.4, -0.2) is 15.0 Å². The predicted molar refractivity (Wildman–Crippen MR) is 75.9 cm³/mol. The van der Waals surface area contributed by atoms with Crippen LogP contribution < -0.4 is 5.56 Å². The molecule has 90 valence electrons. The van der Waals surface area contributed by atoms with Crippen molar-refractivity contribution in [3.63, 3.8) is 0 Å². The van der Waals surface area contributed by atoms with E-state index in [1.54, 1.807) is 12.4 Å².